The number of esters is 1. The molecule has 7 nitrogen and oxygen atoms in total. The first kappa shape index (κ1) is 14.6. The second-order valence-electron chi connectivity index (χ2n) is 4.61. The number of β-lactam (4-membered cyclic amide) rings is 1. The van der Waals surface area contributed by atoms with Gasteiger partial charge in [0.1, 0.15) is 6.61 Å². The monoisotopic (exact) mass is 287 g/mol. The Morgan fingerprint density at radius 3 is 2.57 bits per heavy atom. The molecule has 1 unspecified atom stereocenters. The fourth-order valence-corrected chi connectivity index (χ4v) is 1.88. The summed E-state index contributed by atoms with van der Waals surface area (Å²) in [5.74, 6) is -1.81. The third kappa shape index (κ3) is 3.84. The highest BCUT2D eigenvalue weighted by Crippen LogP contribution is 2.09. The molecule has 1 aliphatic heterocycles. The number of carbonyl (C=O) groups is 3. The van der Waals surface area contributed by atoms with Crippen molar-refractivity contribution in [3.8, 4) is 0 Å². The van der Waals surface area contributed by atoms with E-state index in [4.69, 9.17) is 10.3 Å². The van der Waals surface area contributed by atoms with Gasteiger partial charge >= 0.3 is 11.7 Å². The van der Waals surface area contributed by atoms with Gasteiger partial charge in [-0.3, -0.25) is 9.59 Å². The minimum absolute atomic E-state index is 0.0217. The van der Waals surface area contributed by atoms with Gasteiger partial charge in [-0.05, 0) is 5.56 Å². The molecule has 0 aliphatic carbocycles. The summed E-state index contributed by atoms with van der Waals surface area (Å²) in [6.45, 7) is -0.0217. The van der Waals surface area contributed by atoms with Crippen LogP contribution in [0.5, 0.6) is 0 Å². The molecule has 1 atom stereocenters. The number of benzene rings is 1. The van der Waals surface area contributed by atoms with Gasteiger partial charge in [-0.25, -0.2) is 4.79 Å². The van der Waals surface area contributed by atoms with Gasteiger partial charge in [0.25, 0.3) is 5.78 Å². The number of Topliss-reactive ketones (excluding diaryl/α,β-unsaturated/α-hetero) is 1. The van der Waals surface area contributed by atoms with Crippen LogP contribution in [0, 0.1) is 0 Å². The van der Waals surface area contributed by atoms with Gasteiger partial charge < -0.3 is 15.6 Å². The minimum atomic E-state index is -0.989. The lowest BCUT2D eigenvalue weighted by Gasteiger charge is -2.25. The average molecular weight is 287 g/mol. The zero-order valence-electron chi connectivity index (χ0n) is 11.1. The van der Waals surface area contributed by atoms with Crippen LogP contribution >= 0.6 is 0 Å². The maximum atomic E-state index is 11.8. The Hall–Kier alpha value is -2.79. The molecule has 0 bridgehead atoms. The van der Waals surface area contributed by atoms with E-state index in [1.165, 1.54) is 0 Å². The van der Waals surface area contributed by atoms with Crippen LogP contribution in [0.3, 0.4) is 0 Å². The molecule has 1 aromatic rings. The van der Waals surface area contributed by atoms with Crippen molar-refractivity contribution in [1.82, 2.24) is 5.32 Å². The highest BCUT2D eigenvalue weighted by atomic mass is 16.5. The fourth-order valence-electron chi connectivity index (χ4n) is 1.88. The summed E-state index contributed by atoms with van der Waals surface area (Å²) in [5, 5.41) is 2.50. The molecule has 2 rings (SSSR count). The average Bonchev–Trinajstić information content (AvgIpc) is 2.45. The maximum Gasteiger partial charge on any atom is 0.441 e. The number of nitrogens with one attached hydrogen (secondary N) is 1. The number of amides is 1. The summed E-state index contributed by atoms with van der Waals surface area (Å²) in [4.78, 5) is 37.0. The van der Waals surface area contributed by atoms with E-state index in [1.807, 2.05) is 6.07 Å². The van der Waals surface area contributed by atoms with Crippen LogP contribution in [0.2, 0.25) is 0 Å². The van der Waals surface area contributed by atoms with Crippen LogP contribution in [-0.4, -0.2) is 34.2 Å². The molecule has 1 aromatic carbocycles. The largest absolute Gasteiger partial charge is 0.452 e. The highest BCUT2D eigenvalue weighted by molar-refractivity contribution is 6.62. The van der Waals surface area contributed by atoms with Crippen molar-refractivity contribution in [2.24, 2.45) is 0 Å². The third-order valence-electron chi connectivity index (χ3n) is 3.00. The Bertz CT molecular complexity index is 612. The molecule has 1 heterocycles. The summed E-state index contributed by atoms with van der Waals surface area (Å²) in [6.07, 6.45) is 0.134. The molecule has 0 saturated carbocycles. The fraction of sp³-hybridized carbons (Fsp3) is 0.286. The number of carbonyl (C=O) groups excluding carboxylic acids is 3. The summed E-state index contributed by atoms with van der Waals surface area (Å²) < 4.78 is 4.92. The van der Waals surface area contributed by atoms with Gasteiger partial charge in [0.15, 0.2) is 0 Å². The van der Waals surface area contributed by atoms with Crippen LogP contribution in [0.4, 0.5) is 0 Å². The molecule has 0 aromatic heterocycles. The highest BCUT2D eigenvalue weighted by Gasteiger charge is 2.36. The molecule has 1 amide bonds. The smallest absolute Gasteiger partial charge is 0.441 e. The predicted molar refractivity (Wildman–Crippen MR) is 71.0 cm³/mol. The molecule has 1 saturated heterocycles. The van der Waals surface area contributed by atoms with Crippen LogP contribution in [-0.2, 0) is 25.7 Å². The predicted octanol–water partition coefficient (Wildman–Crippen LogP) is 0.248. The van der Waals surface area contributed by atoms with Gasteiger partial charge in [0, 0.05) is 18.9 Å². The number of nitrogens with zero attached hydrogens (tertiary/aromatic N) is 2. The molecule has 1 N–H and O–H groups in total. The van der Waals surface area contributed by atoms with Crippen LogP contribution in [0.25, 0.3) is 5.53 Å². The second kappa shape index (κ2) is 6.58. The Morgan fingerprint density at radius 1 is 1.33 bits per heavy atom. The van der Waals surface area contributed by atoms with Crippen LogP contribution < -0.4 is 5.32 Å². The zero-order chi connectivity index (χ0) is 15.2. The Balaban J connectivity index is 1.88. The summed E-state index contributed by atoms with van der Waals surface area (Å²) in [7, 11) is 0. The van der Waals surface area contributed by atoms with Gasteiger partial charge in [-0.15, -0.1) is 0 Å². The van der Waals surface area contributed by atoms with Crippen molar-refractivity contribution in [2.75, 3.05) is 0 Å². The molecular weight excluding hydrogens is 274 g/mol. The number of ketones is 1. The quantitative estimate of drug-likeness (QED) is 0.202. The molecule has 1 aliphatic rings. The van der Waals surface area contributed by atoms with Crippen LogP contribution in [0.15, 0.2) is 30.3 Å². The Labute approximate surface area is 120 Å². The molecule has 7 heteroatoms. The van der Waals surface area contributed by atoms with Gasteiger partial charge in [0.2, 0.25) is 5.91 Å². The van der Waals surface area contributed by atoms with E-state index in [0.717, 1.165) is 5.56 Å². The van der Waals surface area contributed by atoms with Crippen molar-refractivity contribution in [2.45, 2.75) is 25.5 Å². The Morgan fingerprint density at radius 2 is 2.00 bits per heavy atom. The lowest BCUT2D eigenvalue weighted by atomic mass is 9.98. The molecule has 108 valence electrons. The SMILES string of the molecule is [N-]=[N+]=C(C(=O)CC1CC(=O)N1)C(=O)OCc1ccccc1. The van der Waals surface area contributed by atoms with Crippen LogP contribution in [0.1, 0.15) is 18.4 Å². The van der Waals surface area contributed by atoms with E-state index >= 15 is 0 Å². The summed E-state index contributed by atoms with van der Waals surface area (Å²) >= 11 is 0. The first-order chi connectivity index (χ1) is 10.1. The lowest BCUT2D eigenvalue weighted by molar-refractivity contribution is -0.143. The standard InChI is InChI=1S/C14H13N3O4/c15-17-13(11(18)6-10-7-12(19)16-10)14(20)21-8-9-4-2-1-3-5-9/h1-5,10H,6-8H2,(H,16,19). The van der Waals surface area contributed by atoms with E-state index in [0.29, 0.717) is 0 Å². The number of rotatable bonds is 6. The topological polar surface area (TPSA) is 109 Å². The molecule has 1 fully saturated rings. The molecule has 0 radical (unpaired) electrons. The first-order valence-corrected chi connectivity index (χ1v) is 6.36. The molecule has 21 heavy (non-hydrogen) atoms. The zero-order valence-corrected chi connectivity index (χ0v) is 11.1. The normalized spacial score (nSPS) is 16.2. The van der Waals surface area contributed by atoms with Gasteiger partial charge in [-0.1, -0.05) is 30.3 Å². The van der Waals surface area contributed by atoms with E-state index in [9.17, 15) is 14.4 Å². The van der Waals surface area contributed by atoms with E-state index in [1.54, 1.807) is 24.3 Å². The Kier molecular flexibility index (Phi) is 4.58. The lowest BCUT2D eigenvalue weighted by Crippen LogP contribution is -2.50. The second-order valence-corrected chi connectivity index (χ2v) is 4.61. The van der Waals surface area contributed by atoms with E-state index < -0.39 is 17.5 Å². The summed E-state index contributed by atoms with van der Waals surface area (Å²) in [6, 6.07) is 8.60. The maximum absolute atomic E-state index is 11.8. The van der Waals surface area contributed by atoms with Crippen molar-refractivity contribution in [3.05, 3.63) is 41.4 Å². The van der Waals surface area contributed by atoms with Gasteiger partial charge in [-0.2, -0.15) is 4.79 Å². The first-order valence-electron chi connectivity index (χ1n) is 6.36. The number of hydrogen-bond acceptors (Lipinski definition) is 4. The van der Waals surface area contributed by atoms with Crippen molar-refractivity contribution in [3.63, 3.8) is 0 Å². The van der Waals surface area contributed by atoms with Crippen molar-refractivity contribution >= 4 is 23.4 Å². The number of hydrogen-bond donors (Lipinski definition) is 1. The third-order valence-corrected chi connectivity index (χ3v) is 3.00. The molecular formula is C14H13N3O4. The van der Waals surface area contributed by atoms with Crippen molar-refractivity contribution in [1.29, 1.82) is 0 Å². The van der Waals surface area contributed by atoms with Crippen molar-refractivity contribution < 1.29 is 23.9 Å². The summed E-state index contributed by atoms with van der Waals surface area (Å²) in [5.41, 5.74) is 8.89. The number of ether oxygens (including phenoxy) is 1. The van der Waals surface area contributed by atoms with Gasteiger partial charge in [0.05, 0.1) is 0 Å². The van der Waals surface area contributed by atoms with E-state index in [-0.39, 0.29) is 31.4 Å². The minimum Gasteiger partial charge on any atom is -0.452 e. The van der Waals surface area contributed by atoms with E-state index in [2.05, 4.69) is 10.1 Å². The molecule has 0 spiro atoms.